The van der Waals surface area contributed by atoms with Gasteiger partial charge < -0.3 is 10.2 Å². The molecule has 0 amide bonds. The zero-order valence-corrected chi connectivity index (χ0v) is 13.4. The van der Waals surface area contributed by atoms with Gasteiger partial charge in [0.1, 0.15) is 0 Å². The highest BCUT2D eigenvalue weighted by atomic mass is 15.3. The van der Waals surface area contributed by atoms with Crippen LogP contribution in [0.2, 0.25) is 0 Å². The van der Waals surface area contributed by atoms with Crippen LogP contribution in [-0.4, -0.2) is 41.4 Å². The van der Waals surface area contributed by atoms with Crippen molar-refractivity contribution in [2.45, 2.75) is 57.5 Å². The molecule has 1 saturated carbocycles. The van der Waals surface area contributed by atoms with Crippen LogP contribution in [0, 0.1) is 5.92 Å². The summed E-state index contributed by atoms with van der Waals surface area (Å²) in [4.78, 5) is 2.44. The van der Waals surface area contributed by atoms with Crippen LogP contribution in [0.3, 0.4) is 0 Å². The number of piperidine rings is 1. The summed E-state index contributed by atoms with van der Waals surface area (Å²) in [5.41, 5.74) is 1.23. The number of nitrogens with one attached hydrogen (secondary N) is 1. The topological polar surface area (TPSA) is 33.1 Å². The van der Waals surface area contributed by atoms with E-state index in [9.17, 15) is 0 Å². The van der Waals surface area contributed by atoms with Crippen molar-refractivity contribution in [3.05, 3.63) is 18.0 Å². The van der Waals surface area contributed by atoms with Crippen LogP contribution in [0.4, 0.5) is 0 Å². The van der Waals surface area contributed by atoms with E-state index < -0.39 is 0 Å². The summed E-state index contributed by atoms with van der Waals surface area (Å²) >= 11 is 0. The van der Waals surface area contributed by atoms with E-state index in [2.05, 4.69) is 34.2 Å². The Morgan fingerprint density at radius 1 is 1.24 bits per heavy atom. The van der Waals surface area contributed by atoms with Crippen molar-refractivity contribution in [3.63, 3.8) is 0 Å². The second kappa shape index (κ2) is 7.41. The maximum absolute atomic E-state index is 4.83. The third kappa shape index (κ3) is 4.30. The van der Waals surface area contributed by atoms with Crippen molar-refractivity contribution in [1.82, 2.24) is 20.0 Å². The van der Waals surface area contributed by atoms with Crippen molar-refractivity contribution in [2.24, 2.45) is 5.92 Å². The molecule has 4 nitrogen and oxygen atoms in total. The zero-order valence-electron chi connectivity index (χ0n) is 13.4. The van der Waals surface area contributed by atoms with Gasteiger partial charge in [-0.2, -0.15) is 5.10 Å². The molecule has 4 heteroatoms. The Morgan fingerprint density at radius 2 is 2.10 bits per heavy atom. The minimum absolute atomic E-state index is 0.653. The van der Waals surface area contributed by atoms with E-state index in [1.807, 2.05) is 0 Å². The summed E-state index contributed by atoms with van der Waals surface area (Å²) in [5, 5.41) is 8.33. The molecule has 21 heavy (non-hydrogen) atoms. The second-order valence-electron chi connectivity index (χ2n) is 6.99. The second-order valence-corrected chi connectivity index (χ2v) is 6.99. The van der Waals surface area contributed by atoms with E-state index in [0.717, 1.165) is 12.5 Å². The summed E-state index contributed by atoms with van der Waals surface area (Å²) in [7, 11) is 2.23. The minimum atomic E-state index is 0.653. The van der Waals surface area contributed by atoms with Crippen LogP contribution in [0.5, 0.6) is 0 Å². The molecule has 0 bridgehead atoms. The van der Waals surface area contributed by atoms with Gasteiger partial charge in [0, 0.05) is 19.3 Å². The number of rotatable bonds is 5. The summed E-state index contributed by atoms with van der Waals surface area (Å²) in [5.74, 6) is 0.809. The van der Waals surface area contributed by atoms with Crippen molar-refractivity contribution in [3.8, 4) is 0 Å². The lowest BCUT2D eigenvalue weighted by Gasteiger charge is -2.27. The molecule has 2 heterocycles. The summed E-state index contributed by atoms with van der Waals surface area (Å²) in [6.45, 7) is 4.55. The maximum Gasteiger partial charge on any atom is 0.0764 e. The van der Waals surface area contributed by atoms with Crippen LogP contribution in [0.15, 0.2) is 12.3 Å². The first-order chi connectivity index (χ1) is 10.3. The third-order valence-electron chi connectivity index (χ3n) is 5.01. The molecule has 1 N–H and O–H groups in total. The molecule has 1 unspecified atom stereocenters. The van der Waals surface area contributed by atoms with Gasteiger partial charge in [0.2, 0.25) is 0 Å². The molecule has 0 spiro atoms. The molecule has 1 saturated heterocycles. The highest BCUT2D eigenvalue weighted by Gasteiger charge is 2.18. The van der Waals surface area contributed by atoms with Gasteiger partial charge in [-0.15, -0.1) is 0 Å². The van der Waals surface area contributed by atoms with Gasteiger partial charge in [0.25, 0.3) is 0 Å². The molecule has 2 fully saturated rings. The summed E-state index contributed by atoms with van der Waals surface area (Å²) in [6.07, 6.45) is 11.7. The third-order valence-corrected chi connectivity index (χ3v) is 5.01. The van der Waals surface area contributed by atoms with Crippen LogP contribution in [0.1, 0.15) is 56.7 Å². The van der Waals surface area contributed by atoms with E-state index in [1.54, 1.807) is 0 Å². The first-order valence-electron chi connectivity index (χ1n) is 8.74. The van der Waals surface area contributed by atoms with Crippen molar-refractivity contribution in [1.29, 1.82) is 0 Å². The Balaban J connectivity index is 1.49. The normalized spacial score (nSPS) is 24.6. The highest BCUT2D eigenvalue weighted by molar-refractivity contribution is 5.00. The molecule has 118 valence electrons. The van der Waals surface area contributed by atoms with Crippen LogP contribution in [0.25, 0.3) is 0 Å². The van der Waals surface area contributed by atoms with E-state index >= 15 is 0 Å². The molecule has 3 rings (SSSR count). The van der Waals surface area contributed by atoms with Crippen LogP contribution in [-0.2, 0) is 6.54 Å². The predicted octanol–water partition coefficient (Wildman–Crippen LogP) is 2.82. The van der Waals surface area contributed by atoms with Gasteiger partial charge in [0.15, 0.2) is 0 Å². The van der Waals surface area contributed by atoms with Crippen molar-refractivity contribution >= 4 is 0 Å². The molecular formula is C17H30N4. The largest absolute Gasteiger partial charge is 0.316 e. The van der Waals surface area contributed by atoms with E-state index in [4.69, 9.17) is 5.10 Å². The van der Waals surface area contributed by atoms with Gasteiger partial charge in [0.05, 0.1) is 11.7 Å². The van der Waals surface area contributed by atoms with Gasteiger partial charge in [-0.3, -0.25) is 4.68 Å². The smallest absolute Gasteiger partial charge is 0.0764 e. The molecule has 1 aliphatic heterocycles. The van der Waals surface area contributed by atoms with E-state index in [-0.39, 0.29) is 0 Å². The molecule has 2 aliphatic rings. The molecule has 1 aliphatic carbocycles. The molecule has 0 radical (unpaired) electrons. The Labute approximate surface area is 128 Å². The highest BCUT2D eigenvalue weighted by Crippen LogP contribution is 2.27. The predicted molar refractivity (Wildman–Crippen MR) is 86.3 cm³/mol. The fraction of sp³-hybridized carbons (Fsp3) is 0.824. The number of hydrogen-bond donors (Lipinski definition) is 1. The van der Waals surface area contributed by atoms with Gasteiger partial charge in [-0.1, -0.05) is 19.3 Å². The average Bonchev–Trinajstić information content (AvgIpc) is 2.97. The lowest BCUT2D eigenvalue weighted by Crippen LogP contribution is -2.36. The quantitative estimate of drug-likeness (QED) is 0.905. The monoisotopic (exact) mass is 290 g/mol. The van der Waals surface area contributed by atoms with Gasteiger partial charge in [-0.05, 0) is 57.8 Å². The maximum atomic E-state index is 4.83. The fourth-order valence-corrected chi connectivity index (χ4v) is 3.87. The molecule has 1 aromatic rings. The SMILES string of the molecule is CN(Cc1ccn(C2CCCCC2)n1)CC1CCCNC1. The van der Waals surface area contributed by atoms with Crippen LogP contribution < -0.4 is 5.32 Å². The Bertz CT molecular complexity index is 416. The van der Waals surface area contributed by atoms with Crippen molar-refractivity contribution in [2.75, 3.05) is 26.7 Å². The van der Waals surface area contributed by atoms with Crippen LogP contribution >= 0.6 is 0 Å². The standard InChI is InChI=1S/C17H30N4/c1-20(13-15-6-5-10-18-12-15)14-16-9-11-21(19-16)17-7-3-2-4-8-17/h9,11,15,17-18H,2-8,10,12-14H2,1H3. The summed E-state index contributed by atoms with van der Waals surface area (Å²) in [6, 6.07) is 2.87. The number of hydrogen-bond acceptors (Lipinski definition) is 3. The molecule has 0 aromatic carbocycles. The van der Waals surface area contributed by atoms with Gasteiger partial charge in [-0.25, -0.2) is 0 Å². The Hall–Kier alpha value is -0.870. The van der Waals surface area contributed by atoms with Crippen molar-refractivity contribution < 1.29 is 0 Å². The summed E-state index contributed by atoms with van der Waals surface area (Å²) < 4.78 is 2.23. The fourth-order valence-electron chi connectivity index (χ4n) is 3.87. The lowest BCUT2D eigenvalue weighted by atomic mass is 9.96. The molecule has 1 atom stereocenters. The average molecular weight is 290 g/mol. The first kappa shape index (κ1) is 15.0. The Kier molecular flexibility index (Phi) is 5.31. The van der Waals surface area contributed by atoms with E-state index in [0.29, 0.717) is 6.04 Å². The minimum Gasteiger partial charge on any atom is -0.316 e. The first-order valence-corrected chi connectivity index (χ1v) is 8.74. The molecular weight excluding hydrogens is 260 g/mol. The Morgan fingerprint density at radius 3 is 2.86 bits per heavy atom. The molecule has 1 aromatic heterocycles. The number of nitrogens with zero attached hydrogens (tertiary/aromatic N) is 3. The number of aromatic nitrogens is 2. The lowest BCUT2D eigenvalue weighted by molar-refractivity contribution is 0.234. The van der Waals surface area contributed by atoms with Gasteiger partial charge >= 0.3 is 0 Å². The van der Waals surface area contributed by atoms with E-state index in [1.165, 1.54) is 70.3 Å². The zero-order chi connectivity index (χ0) is 14.5.